The van der Waals surface area contributed by atoms with Crippen molar-refractivity contribution < 1.29 is 14.3 Å². The van der Waals surface area contributed by atoms with Crippen LogP contribution in [0.3, 0.4) is 0 Å². The highest BCUT2D eigenvalue weighted by atomic mass is 16.5. The Hall–Kier alpha value is -1.92. The van der Waals surface area contributed by atoms with Crippen molar-refractivity contribution in [1.29, 1.82) is 0 Å². The molecule has 1 aliphatic carbocycles. The fraction of sp³-hybridized carbons (Fsp3) is 0.556. The predicted molar refractivity (Wildman–Crippen MR) is 92.4 cm³/mol. The van der Waals surface area contributed by atoms with Crippen LogP contribution in [0.15, 0.2) is 24.3 Å². The van der Waals surface area contributed by atoms with Crippen LogP contribution in [-0.4, -0.2) is 50.1 Å². The zero-order valence-electron chi connectivity index (χ0n) is 14.6. The first kappa shape index (κ1) is 18.4. The molecule has 6 heteroatoms. The Kier molecular flexibility index (Phi) is 6.34. The lowest BCUT2D eigenvalue weighted by Crippen LogP contribution is -2.45. The quantitative estimate of drug-likeness (QED) is 0.846. The lowest BCUT2D eigenvalue weighted by atomic mass is 9.83. The fourth-order valence-corrected chi connectivity index (χ4v) is 3.07. The molecule has 2 amide bonds. The summed E-state index contributed by atoms with van der Waals surface area (Å²) in [4.78, 5) is 25.7. The molecule has 3 N–H and O–H groups in total. The van der Waals surface area contributed by atoms with Crippen molar-refractivity contribution in [2.75, 3.05) is 21.2 Å². The number of ether oxygens (including phenoxy) is 1. The van der Waals surface area contributed by atoms with Gasteiger partial charge < -0.3 is 20.7 Å². The highest BCUT2D eigenvalue weighted by molar-refractivity contribution is 5.93. The number of carbonyl (C=O) groups is 2. The Morgan fingerprint density at radius 1 is 1.25 bits per heavy atom. The van der Waals surface area contributed by atoms with Gasteiger partial charge in [-0.3, -0.25) is 9.59 Å². The molecule has 2 rings (SSSR count). The zero-order chi connectivity index (χ0) is 17.7. The predicted octanol–water partition coefficient (Wildman–Crippen LogP) is 1.15. The van der Waals surface area contributed by atoms with Gasteiger partial charge in [-0.05, 0) is 37.0 Å². The lowest BCUT2D eigenvalue weighted by Gasteiger charge is -2.32. The number of methoxy groups -OCH3 is 1. The molecular weight excluding hydrogens is 306 g/mol. The fourth-order valence-electron chi connectivity index (χ4n) is 3.07. The van der Waals surface area contributed by atoms with Crippen LogP contribution < -0.4 is 11.1 Å². The van der Waals surface area contributed by atoms with Crippen LogP contribution in [0.25, 0.3) is 0 Å². The minimum Gasteiger partial charge on any atom is -0.380 e. The molecule has 0 spiro atoms. The van der Waals surface area contributed by atoms with E-state index >= 15 is 0 Å². The number of amides is 2. The average Bonchev–Trinajstić information content (AvgIpc) is 2.59. The number of nitrogens with zero attached hydrogens (tertiary/aromatic N) is 1. The molecule has 6 nitrogen and oxygen atoms in total. The van der Waals surface area contributed by atoms with Gasteiger partial charge in [-0.2, -0.15) is 0 Å². The Bertz CT molecular complexity index is 571. The first-order valence-corrected chi connectivity index (χ1v) is 8.29. The summed E-state index contributed by atoms with van der Waals surface area (Å²) in [6.07, 6.45) is 2.32. The zero-order valence-corrected chi connectivity index (χ0v) is 14.6. The average molecular weight is 333 g/mol. The molecule has 1 fully saturated rings. The second-order valence-corrected chi connectivity index (χ2v) is 6.56. The van der Waals surface area contributed by atoms with Crippen LogP contribution in [0.2, 0.25) is 0 Å². The van der Waals surface area contributed by atoms with E-state index in [-0.39, 0.29) is 29.9 Å². The number of carbonyl (C=O) groups excluding carboxylic acids is 2. The molecule has 1 aromatic carbocycles. The number of rotatable bonds is 5. The van der Waals surface area contributed by atoms with Crippen molar-refractivity contribution in [3.8, 4) is 0 Å². The van der Waals surface area contributed by atoms with E-state index in [1.807, 2.05) is 12.1 Å². The maximum Gasteiger partial charge on any atom is 0.253 e. The second kappa shape index (κ2) is 8.26. The second-order valence-electron chi connectivity index (χ2n) is 6.56. The van der Waals surface area contributed by atoms with Crippen LogP contribution in [0.1, 0.15) is 35.2 Å². The molecule has 1 aromatic rings. The summed E-state index contributed by atoms with van der Waals surface area (Å²) in [6.45, 7) is 0.453. The molecule has 0 bridgehead atoms. The first-order chi connectivity index (χ1) is 11.4. The summed E-state index contributed by atoms with van der Waals surface area (Å²) >= 11 is 0. The Balaban J connectivity index is 1.85. The third-order valence-electron chi connectivity index (χ3n) is 4.58. The SMILES string of the molecule is CO[C@@H]1CC[C@H](C(=O)NCc2ccc(C(=O)N(C)C)cc2)C[C@H]1N. The normalized spacial score (nSPS) is 23.6. The van der Waals surface area contributed by atoms with Crippen LogP contribution >= 0.6 is 0 Å². The van der Waals surface area contributed by atoms with Crippen molar-refractivity contribution >= 4 is 11.8 Å². The van der Waals surface area contributed by atoms with E-state index in [0.717, 1.165) is 18.4 Å². The minimum atomic E-state index is -0.0872. The van der Waals surface area contributed by atoms with Gasteiger partial charge in [0.1, 0.15) is 0 Å². The van der Waals surface area contributed by atoms with E-state index in [0.29, 0.717) is 18.5 Å². The van der Waals surface area contributed by atoms with E-state index in [9.17, 15) is 9.59 Å². The number of nitrogens with two attached hydrogens (primary N) is 1. The maximum absolute atomic E-state index is 12.3. The number of benzene rings is 1. The van der Waals surface area contributed by atoms with Crippen molar-refractivity contribution in [2.24, 2.45) is 11.7 Å². The van der Waals surface area contributed by atoms with E-state index in [2.05, 4.69) is 5.32 Å². The molecule has 0 unspecified atom stereocenters. The van der Waals surface area contributed by atoms with Crippen molar-refractivity contribution in [1.82, 2.24) is 10.2 Å². The van der Waals surface area contributed by atoms with Gasteiger partial charge in [0.2, 0.25) is 5.91 Å². The molecule has 24 heavy (non-hydrogen) atoms. The summed E-state index contributed by atoms with van der Waals surface area (Å²) in [7, 11) is 5.11. The van der Waals surface area contributed by atoms with Gasteiger partial charge in [0.25, 0.3) is 5.91 Å². The third-order valence-corrected chi connectivity index (χ3v) is 4.58. The molecule has 0 aromatic heterocycles. The lowest BCUT2D eigenvalue weighted by molar-refractivity contribution is -0.127. The summed E-state index contributed by atoms with van der Waals surface area (Å²) in [5.74, 6) is -0.0519. The molecule has 0 heterocycles. The maximum atomic E-state index is 12.3. The van der Waals surface area contributed by atoms with Gasteiger partial charge in [-0.25, -0.2) is 0 Å². The molecule has 0 radical (unpaired) electrons. The van der Waals surface area contributed by atoms with E-state index in [1.54, 1.807) is 33.3 Å². The van der Waals surface area contributed by atoms with Gasteiger partial charge >= 0.3 is 0 Å². The number of hydrogen-bond donors (Lipinski definition) is 2. The number of nitrogens with one attached hydrogen (secondary N) is 1. The van der Waals surface area contributed by atoms with Crippen LogP contribution in [0, 0.1) is 5.92 Å². The molecule has 1 aliphatic rings. The van der Waals surface area contributed by atoms with E-state index < -0.39 is 0 Å². The standard InChI is InChI=1S/C18H27N3O3/c1-21(2)18(23)13-6-4-12(5-7-13)11-20-17(22)14-8-9-16(24-3)15(19)10-14/h4-7,14-16H,8-11,19H2,1-3H3,(H,20,22)/t14-,15+,16+/m0/s1. The van der Waals surface area contributed by atoms with Crippen LogP contribution in [-0.2, 0) is 16.1 Å². The van der Waals surface area contributed by atoms with Gasteiger partial charge in [0.15, 0.2) is 0 Å². The summed E-state index contributed by atoms with van der Waals surface area (Å²) in [5.41, 5.74) is 7.66. The molecule has 3 atom stereocenters. The van der Waals surface area contributed by atoms with E-state index in [4.69, 9.17) is 10.5 Å². The smallest absolute Gasteiger partial charge is 0.253 e. The highest BCUT2D eigenvalue weighted by Crippen LogP contribution is 2.25. The molecule has 1 saturated carbocycles. The number of hydrogen-bond acceptors (Lipinski definition) is 4. The van der Waals surface area contributed by atoms with Crippen LogP contribution in [0.5, 0.6) is 0 Å². The van der Waals surface area contributed by atoms with Crippen molar-refractivity contribution in [3.05, 3.63) is 35.4 Å². The third kappa shape index (κ3) is 4.55. The molecule has 0 saturated heterocycles. The van der Waals surface area contributed by atoms with Gasteiger partial charge in [0, 0.05) is 45.3 Å². The largest absolute Gasteiger partial charge is 0.380 e. The Morgan fingerprint density at radius 3 is 2.46 bits per heavy atom. The summed E-state index contributed by atoms with van der Waals surface area (Å²) < 4.78 is 5.32. The topological polar surface area (TPSA) is 84.7 Å². The minimum absolute atomic E-state index is 0.0329. The Morgan fingerprint density at radius 2 is 1.92 bits per heavy atom. The monoisotopic (exact) mass is 333 g/mol. The van der Waals surface area contributed by atoms with E-state index in [1.165, 1.54) is 4.90 Å². The molecule has 132 valence electrons. The van der Waals surface area contributed by atoms with Gasteiger partial charge in [-0.15, -0.1) is 0 Å². The van der Waals surface area contributed by atoms with Gasteiger partial charge in [-0.1, -0.05) is 12.1 Å². The summed E-state index contributed by atoms with van der Waals surface area (Å²) in [6, 6.07) is 7.21. The highest BCUT2D eigenvalue weighted by Gasteiger charge is 2.31. The van der Waals surface area contributed by atoms with Crippen molar-refractivity contribution in [3.63, 3.8) is 0 Å². The van der Waals surface area contributed by atoms with Gasteiger partial charge in [0.05, 0.1) is 6.10 Å². The summed E-state index contributed by atoms with van der Waals surface area (Å²) in [5, 5.41) is 2.96. The first-order valence-electron chi connectivity index (χ1n) is 8.29. The van der Waals surface area contributed by atoms with Crippen LogP contribution in [0.4, 0.5) is 0 Å². The molecular formula is C18H27N3O3. The Labute approximate surface area is 143 Å². The molecule has 0 aliphatic heterocycles. The van der Waals surface area contributed by atoms with Crippen molar-refractivity contribution in [2.45, 2.75) is 38.0 Å².